The molecule has 3 nitrogen and oxygen atoms in total. The molecule has 1 heterocycles. The van der Waals surface area contributed by atoms with Gasteiger partial charge in [-0.25, -0.2) is 0 Å². The van der Waals surface area contributed by atoms with E-state index in [1.807, 2.05) is 42.4 Å². The van der Waals surface area contributed by atoms with Crippen LogP contribution in [0.1, 0.15) is 31.1 Å². The van der Waals surface area contributed by atoms with E-state index in [-0.39, 0.29) is 11.9 Å². The van der Waals surface area contributed by atoms with Gasteiger partial charge in [0.25, 0.3) is 5.91 Å². The van der Waals surface area contributed by atoms with E-state index < -0.39 is 0 Å². The van der Waals surface area contributed by atoms with E-state index in [9.17, 15) is 4.79 Å². The van der Waals surface area contributed by atoms with Crippen LogP contribution in [0.4, 0.5) is 0 Å². The average molecular weight is 244 g/mol. The molecule has 0 spiro atoms. The number of nitrogens with zero attached hydrogens (tertiary/aromatic N) is 1. The number of aromatic nitrogens is 1. The summed E-state index contributed by atoms with van der Waals surface area (Å²) in [5.41, 5.74) is 1.77. The summed E-state index contributed by atoms with van der Waals surface area (Å²) in [4.78, 5) is 17.5. The second-order valence-electron chi connectivity index (χ2n) is 5.15. The number of carbonyl (C=O) groups excluding carboxylic acids is 1. The van der Waals surface area contributed by atoms with Gasteiger partial charge in [-0.1, -0.05) is 19.9 Å². The number of benzene rings is 1. The molecule has 2 rings (SSSR count). The predicted molar refractivity (Wildman–Crippen MR) is 74.7 cm³/mol. The van der Waals surface area contributed by atoms with Crippen LogP contribution in [0.25, 0.3) is 10.9 Å². The van der Waals surface area contributed by atoms with Crippen molar-refractivity contribution in [1.29, 1.82) is 0 Å². The van der Waals surface area contributed by atoms with E-state index in [2.05, 4.69) is 25.8 Å². The first-order valence-corrected chi connectivity index (χ1v) is 6.35. The molecule has 1 aromatic carbocycles. The molecule has 0 fully saturated rings. The van der Waals surface area contributed by atoms with Gasteiger partial charge in [0.2, 0.25) is 0 Å². The van der Waals surface area contributed by atoms with Crippen molar-refractivity contribution in [2.75, 3.05) is 7.05 Å². The highest BCUT2D eigenvalue weighted by Gasteiger charge is 2.21. The van der Waals surface area contributed by atoms with Crippen molar-refractivity contribution in [2.45, 2.75) is 26.8 Å². The van der Waals surface area contributed by atoms with E-state index in [1.54, 1.807) is 0 Å². The van der Waals surface area contributed by atoms with Crippen molar-refractivity contribution in [3.63, 3.8) is 0 Å². The minimum Gasteiger partial charge on any atom is -0.361 e. The van der Waals surface area contributed by atoms with E-state index >= 15 is 0 Å². The highest BCUT2D eigenvalue weighted by molar-refractivity contribution is 6.06. The maximum absolute atomic E-state index is 12.5. The zero-order chi connectivity index (χ0) is 13.3. The first-order chi connectivity index (χ1) is 8.52. The molecule has 0 aliphatic carbocycles. The van der Waals surface area contributed by atoms with Crippen LogP contribution in [0, 0.1) is 5.92 Å². The quantitative estimate of drug-likeness (QED) is 0.883. The van der Waals surface area contributed by atoms with E-state index in [4.69, 9.17) is 0 Å². The van der Waals surface area contributed by atoms with Gasteiger partial charge in [-0.2, -0.15) is 0 Å². The molecule has 96 valence electrons. The molecule has 0 aliphatic heterocycles. The molecule has 0 aliphatic rings. The molecule has 1 atom stereocenters. The normalized spacial score (nSPS) is 12.9. The first-order valence-electron chi connectivity index (χ1n) is 6.35. The molecule has 18 heavy (non-hydrogen) atoms. The monoisotopic (exact) mass is 244 g/mol. The van der Waals surface area contributed by atoms with E-state index in [0.717, 1.165) is 16.5 Å². The average Bonchev–Trinajstić information content (AvgIpc) is 2.83. The predicted octanol–water partition coefficient (Wildman–Crippen LogP) is 3.28. The number of aromatic amines is 1. The van der Waals surface area contributed by atoms with Crippen LogP contribution in [0.15, 0.2) is 30.5 Å². The fourth-order valence-corrected chi connectivity index (χ4v) is 2.09. The summed E-state index contributed by atoms with van der Waals surface area (Å²) < 4.78 is 0. The Bertz CT molecular complexity index is 556. The number of nitrogens with one attached hydrogen (secondary N) is 1. The van der Waals surface area contributed by atoms with Gasteiger partial charge < -0.3 is 9.88 Å². The highest BCUT2D eigenvalue weighted by Crippen LogP contribution is 2.20. The van der Waals surface area contributed by atoms with Crippen molar-refractivity contribution < 1.29 is 4.79 Å². The van der Waals surface area contributed by atoms with Gasteiger partial charge in [0.1, 0.15) is 0 Å². The third-order valence-corrected chi connectivity index (χ3v) is 3.72. The Labute approximate surface area is 108 Å². The largest absolute Gasteiger partial charge is 0.361 e. The van der Waals surface area contributed by atoms with Crippen LogP contribution in [0.3, 0.4) is 0 Å². The Balaban J connectivity index is 2.36. The van der Waals surface area contributed by atoms with Crippen LogP contribution in [0.2, 0.25) is 0 Å². The molecule has 0 saturated carbocycles. The topological polar surface area (TPSA) is 36.1 Å². The molecule has 0 bridgehead atoms. The Morgan fingerprint density at radius 2 is 1.94 bits per heavy atom. The van der Waals surface area contributed by atoms with Gasteiger partial charge in [-0.3, -0.25) is 4.79 Å². The molecule has 2 aromatic rings. The number of hydrogen-bond acceptors (Lipinski definition) is 1. The molecule has 3 heteroatoms. The summed E-state index contributed by atoms with van der Waals surface area (Å²) in [6.45, 7) is 6.34. The standard InChI is InChI=1S/C15H20N2O/c1-10(2)11(3)17(4)15(18)13-6-5-7-14-12(13)8-9-16-14/h5-11,16H,1-4H3. The summed E-state index contributed by atoms with van der Waals surface area (Å²) in [5, 5.41) is 0.991. The SMILES string of the molecule is CC(C)C(C)N(C)C(=O)c1cccc2[nH]ccc12. The molecular weight excluding hydrogens is 224 g/mol. The second-order valence-corrected chi connectivity index (χ2v) is 5.15. The molecule has 0 saturated heterocycles. The van der Waals surface area contributed by atoms with Gasteiger partial charge in [0.15, 0.2) is 0 Å². The third kappa shape index (κ3) is 2.13. The van der Waals surface area contributed by atoms with Gasteiger partial charge in [-0.05, 0) is 31.0 Å². The molecular formula is C15H20N2O. The van der Waals surface area contributed by atoms with E-state index in [1.165, 1.54) is 0 Å². The van der Waals surface area contributed by atoms with Crippen LogP contribution in [-0.2, 0) is 0 Å². The van der Waals surface area contributed by atoms with Crippen molar-refractivity contribution in [3.05, 3.63) is 36.0 Å². The number of hydrogen-bond donors (Lipinski definition) is 1. The minimum atomic E-state index is 0.0846. The van der Waals surface area contributed by atoms with Crippen LogP contribution < -0.4 is 0 Å². The summed E-state index contributed by atoms with van der Waals surface area (Å²) in [6, 6.07) is 7.97. The molecule has 1 aromatic heterocycles. The summed E-state index contributed by atoms with van der Waals surface area (Å²) in [5.74, 6) is 0.533. The van der Waals surface area contributed by atoms with E-state index in [0.29, 0.717) is 5.92 Å². The van der Waals surface area contributed by atoms with Crippen molar-refractivity contribution >= 4 is 16.8 Å². The molecule has 1 unspecified atom stereocenters. The summed E-state index contributed by atoms with van der Waals surface area (Å²) in [7, 11) is 1.87. The zero-order valence-electron chi connectivity index (χ0n) is 11.4. The highest BCUT2D eigenvalue weighted by atomic mass is 16.2. The van der Waals surface area contributed by atoms with Crippen molar-refractivity contribution in [1.82, 2.24) is 9.88 Å². The molecule has 1 amide bonds. The van der Waals surface area contributed by atoms with Crippen molar-refractivity contribution in [2.24, 2.45) is 5.92 Å². The van der Waals surface area contributed by atoms with Gasteiger partial charge in [0, 0.05) is 35.8 Å². The maximum Gasteiger partial charge on any atom is 0.254 e. The second kappa shape index (κ2) is 4.84. The number of amides is 1. The minimum absolute atomic E-state index is 0.0846. The van der Waals surface area contributed by atoms with Gasteiger partial charge in [-0.15, -0.1) is 0 Å². The Kier molecular flexibility index (Phi) is 3.41. The Morgan fingerprint density at radius 1 is 1.22 bits per heavy atom. The number of rotatable bonds is 3. The lowest BCUT2D eigenvalue weighted by atomic mass is 10.0. The fourth-order valence-electron chi connectivity index (χ4n) is 2.09. The first kappa shape index (κ1) is 12.7. The fraction of sp³-hybridized carbons (Fsp3) is 0.400. The lowest BCUT2D eigenvalue weighted by Gasteiger charge is -2.28. The summed E-state index contributed by atoms with van der Waals surface area (Å²) in [6.07, 6.45) is 1.87. The lowest BCUT2D eigenvalue weighted by Crippen LogP contribution is -2.38. The summed E-state index contributed by atoms with van der Waals surface area (Å²) >= 11 is 0. The zero-order valence-corrected chi connectivity index (χ0v) is 11.4. The number of H-pyrrole nitrogens is 1. The van der Waals surface area contributed by atoms with Gasteiger partial charge in [0.05, 0.1) is 0 Å². The van der Waals surface area contributed by atoms with Crippen LogP contribution >= 0.6 is 0 Å². The number of fused-ring (bicyclic) bond motifs is 1. The molecule has 0 radical (unpaired) electrons. The Morgan fingerprint density at radius 3 is 2.61 bits per heavy atom. The third-order valence-electron chi connectivity index (χ3n) is 3.72. The maximum atomic E-state index is 12.5. The number of carbonyl (C=O) groups is 1. The van der Waals surface area contributed by atoms with Crippen molar-refractivity contribution in [3.8, 4) is 0 Å². The lowest BCUT2D eigenvalue weighted by molar-refractivity contribution is 0.0709. The molecule has 1 N–H and O–H groups in total. The Hall–Kier alpha value is -1.77. The van der Waals surface area contributed by atoms with Crippen LogP contribution in [0.5, 0.6) is 0 Å². The van der Waals surface area contributed by atoms with Gasteiger partial charge >= 0.3 is 0 Å². The smallest absolute Gasteiger partial charge is 0.254 e. The van der Waals surface area contributed by atoms with Crippen LogP contribution in [-0.4, -0.2) is 28.9 Å².